The Hall–Kier alpha value is -3.54. The van der Waals surface area contributed by atoms with Gasteiger partial charge < -0.3 is 5.32 Å². The summed E-state index contributed by atoms with van der Waals surface area (Å²) in [6, 6.07) is 16.7. The number of hydrogen-bond acceptors (Lipinski definition) is 3. The van der Waals surface area contributed by atoms with Gasteiger partial charge >= 0.3 is 0 Å². The molecule has 0 unspecified atom stereocenters. The number of hydrogen-bond donors (Lipinski definition) is 1. The lowest BCUT2D eigenvalue weighted by Gasteiger charge is -2.10. The molecule has 2 heterocycles. The van der Waals surface area contributed by atoms with Gasteiger partial charge in [0.25, 0.3) is 5.91 Å². The molecule has 1 saturated carbocycles. The van der Waals surface area contributed by atoms with Crippen LogP contribution in [0.25, 0.3) is 11.0 Å². The number of nitrogens with one attached hydrogen (secondary N) is 1. The lowest BCUT2D eigenvalue weighted by Crippen LogP contribution is -2.14. The molecule has 31 heavy (non-hydrogen) atoms. The van der Waals surface area contributed by atoms with Gasteiger partial charge in [0.15, 0.2) is 5.65 Å². The zero-order chi connectivity index (χ0) is 21.5. The minimum Gasteiger partial charge on any atom is -0.322 e. The average molecular weight is 414 g/mol. The Morgan fingerprint density at radius 2 is 1.90 bits per heavy atom. The lowest BCUT2D eigenvalue weighted by atomic mass is 10.1. The van der Waals surface area contributed by atoms with E-state index in [0.29, 0.717) is 34.9 Å². The van der Waals surface area contributed by atoms with Gasteiger partial charge in [0.1, 0.15) is 5.82 Å². The van der Waals surface area contributed by atoms with Crippen LogP contribution in [0.5, 0.6) is 0 Å². The van der Waals surface area contributed by atoms with E-state index in [1.807, 2.05) is 48.0 Å². The number of aromatic nitrogens is 3. The summed E-state index contributed by atoms with van der Waals surface area (Å²) in [4.78, 5) is 18.1. The lowest BCUT2D eigenvalue weighted by molar-refractivity contribution is 0.102. The molecule has 1 fully saturated rings. The second kappa shape index (κ2) is 7.61. The molecule has 5 nitrogen and oxygen atoms in total. The first-order valence-electron chi connectivity index (χ1n) is 10.5. The van der Waals surface area contributed by atoms with E-state index in [1.165, 1.54) is 6.07 Å². The van der Waals surface area contributed by atoms with Crippen molar-refractivity contribution in [3.63, 3.8) is 0 Å². The van der Waals surface area contributed by atoms with Crippen LogP contribution in [0.2, 0.25) is 0 Å². The van der Waals surface area contributed by atoms with Crippen LogP contribution in [0.3, 0.4) is 0 Å². The quantitative estimate of drug-likeness (QED) is 0.478. The number of fused-ring (bicyclic) bond motifs is 1. The Morgan fingerprint density at radius 1 is 1.13 bits per heavy atom. The predicted octanol–water partition coefficient (Wildman–Crippen LogP) is 5.37. The molecule has 1 aliphatic carbocycles. The van der Waals surface area contributed by atoms with Crippen LogP contribution in [0, 0.1) is 19.7 Å². The van der Waals surface area contributed by atoms with Crippen LogP contribution in [-0.4, -0.2) is 20.7 Å². The molecular weight excluding hydrogens is 391 g/mol. The van der Waals surface area contributed by atoms with Crippen molar-refractivity contribution in [2.75, 3.05) is 5.32 Å². The van der Waals surface area contributed by atoms with Crippen molar-refractivity contribution in [3.8, 4) is 0 Å². The predicted molar refractivity (Wildman–Crippen MR) is 119 cm³/mol. The fraction of sp³-hybridized carbons (Fsp3) is 0.240. The second-order valence-corrected chi connectivity index (χ2v) is 8.21. The molecule has 5 rings (SSSR count). The van der Waals surface area contributed by atoms with E-state index in [1.54, 1.807) is 19.1 Å². The van der Waals surface area contributed by atoms with Crippen molar-refractivity contribution in [1.29, 1.82) is 0 Å². The van der Waals surface area contributed by atoms with Crippen LogP contribution in [0.4, 0.5) is 10.1 Å². The van der Waals surface area contributed by atoms with Gasteiger partial charge in [-0.1, -0.05) is 36.4 Å². The number of aryl methyl sites for hydroxylation is 2. The molecule has 0 spiro atoms. The highest BCUT2D eigenvalue weighted by Gasteiger charge is 2.29. The maximum atomic E-state index is 14.0. The molecule has 2 aromatic carbocycles. The van der Waals surface area contributed by atoms with Gasteiger partial charge in [-0.05, 0) is 56.0 Å². The zero-order valence-corrected chi connectivity index (χ0v) is 17.5. The fourth-order valence-electron chi connectivity index (χ4n) is 3.88. The fourth-order valence-corrected chi connectivity index (χ4v) is 3.88. The molecule has 2 aromatic heterocycles. The van der Waals surface area contributed by atoms with E-state index in [4.69, 9.17) is 10.1 Å². The van der Waals surface area contributed by atoms with Crippen molar-refractivity contribution in [3.05, 3.63) is 88.5 Å². The number of carbonyl (C=O) groups is 1. The summed E-state index contributed by atoms with van der Waals surface area (Å²) in [6.45, 7) is 4.17. The van der Waals surface area contributed by atoms with Crippen LogP contribution in [0.15, 0.2) is 54.6 Å². The summed E-state index contributed by atoms with van der Waals surface area (Å²) >= 11 is 0. The summed E-state index contributed by atoms with van der Waals surface area (Å²) < 4.78 is 15.8. The van der Waals surface area contributed by atoms with E-state index in [0.717, 1.165) is 35.2 Å². The molecule has 156 valence electrons. The molecule has 0 saturated heterocycles. The van der Waals surface area contributed by atoms with Gasteiger partial charge in [-0.15, -0.1) is 0 Å². The van der Waals surface area contributed by atoms with Crippen LogP contribution in [-0.2, 0) is 6.54 Å². The summed E-state index contributed by atoms with van der Waals surface area (Å²) in [5.74, 6) is -0.240. The molecule has 0 radical (unpaired) electrons. The minimum atomic E-state index is -0.344. The molecular formula is C25H23FN4O. The number of benzene rings is 2. The van der Waals surface area contributed by atoms with Gasteiger partial charge in [-0.25, -0.2) is 14.1 Å². The SMILES string of the molecule is Cc1ccc(NC(=O)c2cc(C3CC3)nc3c2c(C)nn3Cc2ccccc2)cc1F. The topological polar surface area (TPSA) is 59.8 Å². The van der Waals surface area contributed by atoms with E-state index < -0.39 is 0 Å². The Bertz CT molecular complexity index is 1290. The molecule has 0 aliphatic heterocycles. The Morgan fingerprint density at radius 3 is 2.61 bits per heavy atom. The Labute approximate surface area is 179 Å². The maximum Gasteiger partial charge on any atom is 0.256 e. The van der Waals surface area contributed by atoms with Crippen molar-refractivity contribution in [2.45, 2.75) is 39.2 Å². The third-order valence-corrected chi connectivity index (χ3v) is 5.74. The maximum absolute atomic E-state index is 14.0. The molecule has 1 amide bonds. The van der Waals surface area contributed by atoms with E-state index in [-0.39, 0.29) is 11.7 Å². The Kier molecular flexibility index (Phi) is 4.77. The summed E-state index contributed by atoms with van der Waals surface area (Å²) in [7, 11) is 0. The molecule has 1 aliphatic rings. The van der Waals surface area contributed by atoms with Crippen LogP contribution in [0.1, 0.15) is 51.6 Å². The minimum absolute atomic E-state index is 0.278. The molecule has 0 atom stereocenters. The number of carbonyl (C=O) groups excluding carboxylic acids is 1. The summed E-state index contributed by atoms with van der Waals surface area (Å²) in [5, 5.41) is 8.28. The number of rotatable bonds is 5. The van der Waals surface area contributed by atoms with E-state index in [2.05, 4.69) is 5.32 Å². The summed E-state index contributed by atoms with van der Waals surface area (Å²) in [5.41, 5.74) is 5.00. The molecule has 6 heteroatoms. The number of amides is 1. The number of anilines is 1. The molecule has 4 aromatic rings. The van der Waals surface area contributed by atoms with Gasteiger partial charge in [-0.3, -0.25) is 4.79 Å². The Balaban J connectivity index is 1.58. The van der Waals surface area contributed by atoms with Crippen LogP contribution >= 0.6 is 0 Å². The van der Waals surface area contributed by atoms with Gasteiger partial charge in [-0.2, -0.15) is 5.10 Å². The summed E-state index contributed by atoms with van der Waals surface area (Å²) in [6.07, 6.45) is 2.16. The highest BCUT2D eigenvalue weighted by Crippen LogP contribution is 2.40. The van der Waals surface area contributed by atoms with E-state index in [9.17, 15) is 9.18 Å². The van der Waals surface area contributed by atoms with Gasteiger partial charge in [0, 0.05) is 17.3 Å². The van der Waals surface area contributed by atoms with Crippen molar-refractivity contribution in [2.24, 2.45) is 0 Å². The third kappa shape index (κ3) is 3.81. The standard InChI is InChI=1S/C25H23FN4O/c1-15-8-11-19(12-21(15)26)27-25(31)20-13-22(18-9-10-18)28-24-23(20)16(2)29-30(24)14-17-6-4-3-5-7-17/h3-8,11-13,18H,9-10,14H2,1-2H3,(H,27,31). The first-order chi connectivity index (χ1) is 15.0. The van der Waals surface area contributed by atoms with Crippen molar-refractivity contribution in [1.82, 2.24) is 14.8 Å². The van der Waals surface area contributed by atoms with Crippen LogP contribution < -0.4 is 5.32 Å². The van der Waals surface area contributed by atoms with Crippen molar-refractivity contribution >= 4 is 22.6 Å². The van der Waals surface area contributed by atoms with Gasteiger partial charge in [0.2, 0.25) is 0 Å². The highest BCUT2D eigenvalue weighted by molar-refractivity contribution is 6.12. The average Bonchev–Trinajstić information content (AvgIpc) is 3.56. The van der Waals surface area contributed by atoms with Gasteiger partial charge in [0.05, 0.1) is 23.2 Å². The largest absolute Gasteiger partial charge is 0.322 e. The first-order valence-corrected chi connectivity index (χ1v) is 10.5. The van der Waals surface area contributed by atoms with E-state index >= 15 is 0 Å². The zero-order valence-electron chi connectivity index (χ0n) is 17.5. The smallest absolute Gasteiger partial charge is 0.256 e. The first kappa shape index (κ1) is 19.4. The monoisotopic (exact) mass is 414 g/mol. The number of pyridine rings is 1. The molecule has 0 bridgehead atoms. The number of nitrogens with zero attached hydrogens (tertiary/aromatic N) is 3. The van der Waals surface area contributed by atoms with Crippen molar-refractivity contribution < 1.29 is 9.18 Å². The third-order valence-electron chi connectivity index (χ3n) is 5.74. The molecule has 1 N–H and O–H groups in total. The number of halogens is 1. The second-order valence-electron chi connectivity index (χ2n) is 8.21. The highest BCUT2D eigenvalue weighted by atomic mass is 19.1. The normalized spacial score (nSPS) is 13.5.